The van der Waals surface area contributed by atoms with Gasteiger partial charge in [0.15, 0.2) is 5.78 Å². The second-order valence-corrected chi connectivity index (χ2v) is 3.58. The Kier molecular flexibility index (Phi) is 3.70. The van der Waals surface area contributed by atoms with Crippen LogP contribution in [0.15, 0.2) is 6.20 Å². The highest BCUT2D eigenvalue weighted by Crippen LogP contribution is 2.02. The maximum atomic E-state index is 11.4. The molecule has 6 heteroatoms. The summed E-state index contributed by atoms with van der Waals surface area (Å²) >= 11 is 1.01. The van der Waals surface area contributed by atoms with Crippen LogP contribution in [0.25, 0.3) is 0 Å². The molecule has 1 aromatic heterocycles. The zero-order chi connectivity index (χ0) is 10.6. The number of nitrogens with zero attached hydrogens (tertiary/aromatic N) is 2. The highest BCUT2D eigenvalue weighted by atomic mass is 32.1. The van der Waals surface area contributed by atoms with Crippen LogP contribution in [0.5, 0.6) is 0 Å². The number of hydrogen-bond acceptors (Lipinski definition) is 5. The Morgan fingerprint density at radius 1 is 1.64 bits per heavy atom. The Bertz CT molecular complexity index is 323. The fourth-order valence-corrected chi connectivity index (χ4v) is 1.34. The summed E-state index contributed by atoms with van der Waals surface area (Å²) in [5.41, 5.74) is 0. The minimum Gasteiger partial charge on any atom is -0.342 e. The van der Waals surface area contributed by atoms with E-state index in [1.807, 2.05) is 0 Å². The van der Waals surface area contributed by atoms with Gasteiger partial charge in [0.1, 0.15) is 4.88 Å². The van der Waals surface area contributed by atoms with Crippen molar-refractivity contribution in [1.29, 1.82) is 0 Å². The van der Waals surface area contributed by atoms with Crippen molar-refractivity contribution in [3.05, 3.63) is 11.1 Å². The van der Waals surface area contributed by atoms with E-state index in [4.69, 9.17) is 0 Å². The lowest BCUT2D eigenvalue weighted by Crippen LogP contribution is -2.37. The zero-order valence-electron chi connectivity index (χ0n) is 7.98. The highest BCUT2D eigenvalue weighted by Gasteiger charge is 2.15. The highest BCUT2D eigenvalue weighted by molar-refractivity contribution is 7.07. The van der Waals surface area contributed by atoms with Crippen molar-refractivity contribution in [3.63, 3.8) is 0 Å². The second-order valence-electron chi connectivity index (χ2n) is 2.80. The van der Waals surface area contributed by atoms with Crippen molar-refractivity contribution in [2.75, 3.05) is 0 Å². The molecule has 1 unspecified atom stereocenters. The number of amides is 1. The Balaban J connectivity index is 2.53. The molecule has 1 heterocycles. The van der Waals surface area contributed by atoms with Crippen LogP contribution in [0, 0.1) is 0 Å². The van der Waals surface area contributed by atoms with Crippen molar-refractivity contribution >= 4 is 23.2 Å². The van der Waals surface area contributed by atoms with Crippen LogP contribution in [0.1, 0.15) is 29.9 Å². The van der Waals surface area contributed by atoms with E-state index in [2.05, 4.69) is 14.9 Å². The number of ketones is 1. The van der Waals surface area contributed by atoms with Gasteiger partial charge in [-0.3, -0.25) is 9.59 Å². The summed E-state index contributed by atoms with van der Waals surface area (Å²) in [6.45, 7) is 3.43. The summed E-state index contributed by atoms with van der Waals surface area (Å²) in [6.07, 6.45) is 1.80. The summed E-state index contributed by atoms with van der Waals surface area (Å²) in [4.78, 5) is 23.0. The van der Waals surface area contributed by atoms with Crippen LogP contribution in [-0.2, 0) is 4.79 Å². The average Bonchev–Trinajstić information content (AvgIpc) is 2.69. The van der Waals surface area contributed by atoms with Gasteiger partial charge in [-0.2, -0.15) is 0 Å². The van der Waals surface area contributed by atoms with Gasteiger partial charge >= 0.3 is 0 Å². The quantitative estimate of drug-likeness (QED) is 0.796. The first-order valence-corrected chi connectivity index (χ1v) is 5.03. The van der Waals surface area contributed by atoms with E-state index in [1.165, 1.54) is 6.20 Å². The predicted octanol–water partition coefficient (Wildman–Crippen LogP) is 0.635. The first-order valence-electron chi connectivity index (χ1n) is 4.26. The van der Waals surface area contributed by atoms with Gasteiger partial charge < -0.3 is 5.32 Å². The molecule has 0 aliphatic rings. The van der Waals surface area contributed by atoms with Crippen LogP contribution in [-0.4, -0.2) is 27.3 Å². The summed E-state index contributed by atoms with van der Waals surface area (Å²) < 4.78 is 3.56. The van der Waals surface area contributed by atoms with Gasteiger partial charge in [0.2, 0.25) is 0 Å². The van der Waals surface area contributed by atoms with Gasteiger partial charge in [-0.15, -0.1) is 5.10 Å². The second kappa shape index (κ2) is 4.80. The van der Waals surface area contributed by atoms with Crippen molar-refractivity contribution < 1.29 is 9.59 Å². The summed E-state index contributed by atoms with van der Waals surface area (Å²) in [5, 5.41) is 6.11. The molecule has 0 aliphatic heterocycles. The maximum absolute atomic E-state index is 11.4. The van der Waals surface area contributed by atoms with Crippen molar-refractivity contribution in [3.8, 4) is 0 Å². The van der Waals surface area contributed by atoms with E-state index in [0.29, 0.717) is 11.3 Å². The molecule has 1 aromatic rings. The van der Waals surface area contributed by atoms with Crippen LogP contribution in [0.2, 0.25) is 0 Å². The molecule has 1 N–H and O–H groups in total. The molecule has 0 saturated heterocycles. The van der Waals surface area contributed by atoms with E-state index in [1.54, 1.807) is 13.8 Å². The summed E-state index contributed by atoms with van der Waals surface area (Å²) in [6, 6.07) is -0.449. The molecular weight excluding hydrogens is 202 g/mol. The minimum atomic E-state index is -0.449. The van der Waals surface area contributed by atoms with Crippen LogP contribution in [0.3, 0.4) is 0 Å². The predicted molar refractivity (Wildman–Crippen MR) is 52.1 cm³/mol. The maximum Gasteiger partial charge on any atom is 0.265 e. The molecule has 14 heavy (non-hydrogen) atoms. The summed E-state index contributed by atoms with van der Waals surface area (Å²) in [5.74, 6) is -0.287. The molecule has 0 spiro atoms. The number of carbonyl (C=O) groups is 2. The minimum absolute atomic E-state index is 0.0100. The molecule has 0 saturated carbocycles. The molecule has 1 rings (SSSR count). The van der Waals surface area contributed by atoms with Crippen LogP contribution in [0.4, 0.5) is 0 Å². The molecule has 0 fully saturated rings. The van der Waals surface area contributed by atoms with Gasteiger partial charge in [0.25, 0.3) is 5.91 Å². The normalized spacial score (nSPS) is 12.1. The van der Waals surface area contributed by atoms with Gasteiger partial charge in [-0.25, -0.2) is 0 Å². The lowest BCUT2D eigenvalue weighted by Gasteiger charge is -2.09. The molecule has 1 amide bonds. The topological polar surface area (TPSA) is 72.0 Å². The Labute approximate surface area is 85.7 Å². The Hall–Kier alpha value is -1.30. The third-order valence-electron chi connectivity index (χ3n) is 1.76. The number of aromatic nitrogens is 2. The third-order valence-corrected chi connectivity index (χ3v) is 2.43. The summed E-state index contributed by atoms with van der Waals surface area (Å²) in [7, 11) is 0. The van der Waals surface area contributed by atoms with Crippen molar-refractivity contribution in [2.45, 2.75) is 26.3 Å². The first-order chi connectivity index (χ1) is 6.65. The standard InChI is InChI=1S/C8H11N3O2S/c1-3-6(12)5(2)10-8(13)7-4-9-11-14-7/h4-5H,3H2,1-2H3,(H,10,13). The number of hydrogen-bond donors (Lipinski definition) is 1. The van der Waals surface area contributed by atoms with Crippen LogP contribution < -0.4 is 5.32 Å². The van der Waals surface area contributed by atoms with E-state index < -0.39 is 6.04 Å². The van der Waals surface area contributed by atoms with Gasteiger partial charge in [-0.1, -0.05) is 11.4 Å². The molecule has 0 aromatic carbocycles. The Morgan fingerprint density at radius 2 is 2.36 bits per heavy atom. The van der Waals surface area contributed by atoms with E-state index in [-0.39, 0.29) is 11.7 Å². The molecule has 76 valence electrons. The number of carbonyl (C=O) groups excluding carboxylic acids is 2. The molecule has 0 bridgehead atoms. The fraction of sp³-hybridized carbons (Fsp3) is 0.500. The smallest absolute Gasteiger partial charge is 0.265 e. The lowest BCUT2D eigenvalue weighted by atomic mass is 10.2. The number of Topliss-reactive ketones (excluding diaryl/α,β-unsaturated/α-hetero) is 1. The van der Waals surface area contributed by atoms with E-state index in [0.717, 1.165) is 11.5 Å². The fourth-order valence-electron chi connectivity index (χ4n) is 0.922. The molecule has 0 aliphatic carbocycles. The first kappa shape index (κ1) is 10.8. The van der Waals surface area contributed by atoms with Gasteiger partial charge in [-0.05, 0) is 18.5 Å². The van der Waals surface area contributed by atoms with Crippen molar-refractivity contribution in [1.82, 2.24) is 14.9 Å². The molecule has 0 radical (unpaired) electrons. The monoisotopic (exact) mass is 213 g/mol. The van der Waals surface area contributed by atoms with Crippen molar-refractivity contribution in [2.24, 2.45) is 0 Å². The lowest BCUT2D eigenvalue weighted by molar-refractivity contribution is -0.120. The van der Waals surface area contributed by atoms with E-state index >= 15 is 0 Å². The van der Waals surface area contributed by atoms with Gasteiger partial charge in [0.05, 0.1) is 12.2 Å². The SMILES string of the molecule is CCC(=O)C(C)NC(=O)c1cnns1. The zero-order valence-corrected chi connectivity index (χ0v) is 8.80. The third kappa shape index (κ3) is 2.59. The van der Waals surface area contributed by atoms with Gasteiger partial charge in [0, 0.05) is 6.42 Å². The number of nitrogens with one attached hydrogen (secondary N) is 1. The Morgan fingerprint density at radius 3 is 2.86 bits per heavy atom. The van der Waals surface area contributed by atoms with E-state index in [9.17, 15) is 9.59 Å². The molecule has 1 atom stereocenters. The largest absolute Gasteiger partial charge is 0.342 e. The average molecular weight is 213 g/mol. The number of rotatable bonds is 4. The molecular formula is C8H11N3O2S. The van der Waals surface area contributed by atoms with Crippen LogP contribution >= 0.6 is 11.5 Å². The molecule has 5 nitrogen and oxygen atoms in total.